The van der Waals surface area contributed by atoms with E-state index in [2.05, 4.69) is 4.72 Å². The quantitative estimate of drug-likeness (QED) is 0.812. The van der Waals surface area contributed by atoms with Crippen molar-refractivity contribution < 1.29 is 8.42 Å². The van der Waals surface area contributed by atoms with Crippen molar-refractivity contribution in [2.75, 3.05) is 5.73 Å². The number of halogens is 1. The molecule has 3 N–H and O–H groups in total. The summed E-state index contributed by atoms with van der Waals surface area (Å²) in [5.74, 6) is 0. The lowest BCUT2D eigenvalue weighted by Crippen LogP contribution is -2.26. The van der Waals surface area contributed by atoms with E-state index in [0.29, 0.717) is 10.6 Å². The molecule has 0 bridgehead atoms. The van der Waals surface area contributed by atoms with Crippen LogP contribution in [0.15, 0.2) is 17.0 Å². The van der Waals surface area contributed by atoms with Crippen LogP contribution in [0.3, 0.4) is 0 Å². The van der Waals surface area contributed by atoms with Crippen molar-refractivity contribution in [1.29, 1.82) is 0 Å². The Morgan fingerprint density at radius 2 is 2.06 bits per heavy atom. The first-order valence-electron chi connectivity index (χ1n) is 4.98. The SMILES string of the molecule is Cc1cc(Cl)c(N)cc1S(=O)(=O)NC1CC1. The van der Waals surface area contributed by atoms with Gasteiger partial charge in [0, 0.05) is 6.04 Å². The van der Waals surface area contributed by atoms with Gasteiger partial charge in [-0.05, 0) is 37.5 Å². The van der Waals surface area contributed by atoms with Crippen LogP contribution in [-0.4, -0.2) is 14.5 Å². The highest BCUT2D eigenvalue weighted by molar-refractivity contribution is 7.89. The maximum absolute atomic E-state index is 12.0. The number of nitrogens with two attached hydrogens (primary N) is 1. The minimum absolute atomic E-state index is 0.0845. The lowest BCUT2D eigenvalue weighted by Gasteiger charge is -2.10. The number of aryl methyl sites for hydroxylation is 1. The Kier molecular flexibility index (Phi) is 2.86. The highest BCUT2D eigenvalue weighted by Gasteiger charge is 2.29. The van der Waals surface area contributed by atoms with Crippen molar-refractivity contribution in [2.24, 2.45) is 0 Å². The largest absolute Gasteiger partial charge is 0.397 e. The van der Waals surface area contributed by atoms with Gasteiger partial charge in [-0.25, -0.2) is 13.1 Å². The van der Waals surface area contributed by atoms with E-state index in [1.807, 2.05) is 0 Å². The molecule has 1 aliphatic rings. The Hall–Kier alpha value is -0.780. The third-order valence-corrected chi connectivity index (χ3v) is 4.47. The van der Waals surface area contributed by atoms with Gasteiger partial charge in [0.05, 0.1) is 15.6 Å². The van der Waals surface area contributed by atoms with Gasteiger partial charge >= 0.3 is 0 Å². The molecule has 0 heterocycles. The first-order valence-corrected chi connectivity index (χ1v) is 6.84. The average Bonchev–Trinajstić information content (AvgIpc) is 2.94. The molecule has 1 aliphatic carbocycles. The summed E-state index contributed by atoms with van der Waals surface area (Å²) in [6, 6.07) is 3.06. The molecule has 2 rings (SSSR count). The number of rotatable bonds is 3. The molecule has 0 atom stereocenters. The van der Waals surface area contributed by atoms with Crippen LogP contribution in [0.25, 0.3) is 0 Å². The molecule has 0 spiro atoms. The van der Waals surface area contributed by atoms with E-state index >= 15 is 0 Å². The number of nitrogen functional groups attached to an aromatic ring is 1. The molecule has 1 aromatic carbocycles. The molecule has 88 valence electrons. The zero-order valence-electron chi connectivity index (χ0n) is 8.83. The Labute approximate surface area is 99.8 Å². The van der Waals surface area contributed by atoms with Crippen LogP contribution < -0.4 is 10.5 Å². The number of anilines is 1. The number of benzene rings is 1. The highest BCUT2D eigenvalue weighted by Crippen LogP contribution is 2.28. The predicted molar refractivity (Wildman–Crippen MR) is 63.9 cm³/mol. The average molecular weight is 261 g/mol. The summed E-state index contributed by atoms with van der Waals surface area (Å²) < 4.78 is 26.5. The summed E-state index contributed by atoms with van der Waals surface area (Å²) in [4.78, 5) is 0.210. The maximum Gasteiger partial charge on any atom is 0.241 e. The highest BCUT2D eigenvalue weighted by atomic mass is 35.5. The zero-order chi connectivity index (χ0) is 11.9. The molecule has 16 heavy (non-hydrogen) atoms. The Balaban J connectivity index is 2.42. The smallest absolute Gasteiger partial charge is 0.241 e. The Morgan fingerprint density at radius 1 is 1.44 bits per heavy atom. The van der Waals surface area contributed by atoms with Crippen LogP contribution in [-0.2, 0) is 10.0 Å². The van der Waals surface area contributed by atoms with E-state index in [9.17, 15) is 8.42 Å². The predicted octanol–water partition coefficient (Wildman–Crippen LogP) is 1.67. The van der Waals surface area contributed by atoms with Gasteiger partial charge in [0.1, 0.15) is 0 Å². The minimum Gasteiger partial charge on any atom is -0.397 e. The van der Waals surface area contributed by atoms with Gasteiger partial charge in [-0.2, -0.15) is 0 Å². The lowest BCUT2D eigenvalue weighted by molar-refractivity contribution is 0.580. The second-order valence-electron chi connectivity index (χ2n) is 4.03. The van der Waals surface area contributed by atoms with E-state index in [1.165, 1.54) is 6.07 Å². The summed E-state index contributed by atoms with van der Waals surface area (Å²) in [6.45, 7) is 1.70. The Bertz CT molecular complexity index is 524. The zero-order valence-corrected chi connectivity index (χ0v) is 10.4. The monoisotopic (exact) mass is 260 g/mol. The summed E-state index contributed by atoms with van der Waals surface area (Å²) in [5.41, 5.74) is 6.49. The van der Waals surface area contributed by atoms with Crippen LogP contribution in [0.2, 0.25) is 5.02 Å². The molecule has 0 saturated heterocycles. The fourth-order valence-corrected chi connectivity index (χ4v) is 3.23. The van der Waals surface area contributed by atoms with Crippen LogP contribution in [0, 0.1) is 6.92 Å². The molecule has 1 saturated carbocycles. The van der Waals surface area contributed by atoms with E-state index in [4.69, 9.17) is 17.3 Å². The molecule has 1 aromatic rings. The molecule has 1 fully saturated rings. The van der Waals surface area contributed by atoms with E-state index in [1.54, 1.807) is 13.0 Å². The third-order valence-electron chi connectivity index (χ3n) is 2.48. The Morgan fingerprint density at radius 3 is 2.62 bits per heavy atom. The molecule has 0 radical (unpaired) electrons. The first-order chi connectivity index (χ1) is 7.40. The van der Waals surface area contributed by atoms with Gasteiger partial charge in [-0.1, -0.05) is 11.6 Å². The second kappa shape index (κ2) is 3.91. The number of hydrogen-bond donors (Lipinski definition) is 2. The van der Waals surface area contributed by atoms with Crippen molar-refractivity contribution in [3.8, 4) is 0 Å². The van der Waals surface area contributed by atoms with Crippen LogP contribution >= 0.6 is 11.6 Å². The van der Waals surface area contributed by atoms with E-state index < -0.39 is 10.0 Å². The number of hydrogen-bond acceptors (Lipinski definition) is 3. The fraction of sp³-hybridized carbons (Fsp3) is 0.400. The molecule has 4 nitrogen and oxygen atoms in total. The molecule has 0 aliphatic heterocycles. The van der Waals surface area contributed by atoms with E-state index in [0.717, 1.165) is 12.8 Å². The van der Waals surface area contributed by atoms with Gasteiger partial charge in [-0.3, -0.25) is 0 Å². The van der Waals surface area contributed by atoms with Gasteiger partial charge in [0.25, 0.3) is 0 Å². The van der Waals surface area contributed by atoms with Crippen molar-refractivity contribution >= 4 is 27.3 Å². The van der Waals surface area contributed by atoms with Gasteiger partial charge < -0.3 is 5.73 Å². The summed E-state index contributed by atoms with van der Waals surface area (Å²) in [6.07, 6.45) is 1.81. The summed E-state index contributed by atoms with van der Waals surface area (Å²) in [5, 5.41) is 0.378. The van der Waals surface area contributed by atoms with Crippen LogP contribution in [0.1, 0.15) is 18.4 Å². The second-order valence-corrected chi connectivity index (χ2v) is 6.12. The molecular weight excluding hydrogens is 248 g/mol. The maximum atomic E-state index is 12.0. The normalized spacial score (nSPS) is 16.4. The van der Waals surface area contributed by atoms with Gasteiger partial charge in [0.2, 0.25) is 10.0 Å². The van der Waals surface area contributed by atoms with Gasteiger partial charge in [0.15, 0.2) is 0 Å². The van der Waals surface area contributed by atoms with Crippen LogP contribution in [0.5, 0.6) is 0 Å². The van der Waals surface area contributed by atoms with Crippen molar-refractivity contribution in [1.82, 2.24) is 4.72 Å². The number of nitrogens with one attached hydrogen (secondary N) is 1. The standard InChI is InChI=1S/C10H13ClN2O2S/c1-6-4-8(11)9(12)5-10(6)16(14,15)13-7-2-3-7/h4-5,7,13H,2-3,12H2,1H3. The minimum atomic E-state index is -3.46. The molecular formula is C10H13ClN2O2S. The number of sulfonamides is 1. The molecule has 0 unspecified atom stereocenters. The van der Waals surface area contributed by atoms with Gasteiger partial charge in [-0.15, -0.1) is 0 Å². The van der Waals surface area contributed by atoms with Crippen molar-refractivity contribution in [2.45, 2.75) is 30.7 Å². The van der Waals surface area contributed by atoms with Crippen LogP contribution in [0.4, 0.5) is 5.69 Å². The van der Waals surface area contributed by atoms with E-state index in [-0.39, 0.29) is 16.6 Å². The lowest BCUT2D eigenvalue weighted by atomic mass is 10.2. The molecule has 6 heteroatoms. The third kappa shape index (κ3) is 2.31. The topological polar surface area (TPSA) is 72.2 Å². The summed E-state index contributed by atoms with van der Waals surface area (Å²) >= 11 is 5.81. The summed E-state index contributed by atoms with van der Waals surface area (Å²) in [7, 11) is -3.46. The molecule has 0 amide bonds. The van der Waals surface area contributed by atoms with Crippen molar-refractivity contribution in [3.63, 3.8) is 0 Å². The molecule has 0 aromatic heterocycles. The van der Waals surface area contributed by atoms with Crippen molar-refractivity contribution in [3.05, 3.63) is 22.7 Å². The first kappa shape index (κ1) is 11.7. The fourth-order valence-electron chi connectivity index (χ4n) is 1.44.